The summed E-state index contributed by atoms with van der Waals surface area (Å²) < 4.78 is 13.3. The van der Waals surface area contributed by atoms with Crippen molar-refractivity contribution < 1.29 is 4.39 Å². The molecular weight excluding hydrogens is 506 g/mol. The van der Waals surface area contributed by atoms with Crippen LogP contribution in [0.25, 0.3) is 0 Å². The molecule has 1 aliphatic rings. The number of likely N-dealkylation sites (N-methyl/N-ethyl adjacent to an activating group) is 1. The predicted molar refractivity (Wildman–Crippen MR) is 137 cm³/mol. The molecule has 0 aliphatic carbocycles. The highest BCUT2D eigenvalue weighted by molar-refractivity contribution is 14.0. The van der Waals surface area contributed by atoms with Gasteiger partial charge in [-0.2, -0.15) is 0 Å². The van der Waals surface area contributed by atoms with E-state index in [1.807, 2.05) is 26.1 Å². The minimum Gasteiger partial charge on any atom is -0.357 e. The van der Waals surface area contributed by atoms with E-state index in [2.05, 4.69) is 49.6 Å². The van der Waals surface area contributed by atoms with Gasteiger partial charge in [-0.25, -0.2) is 14.4 Å². The lowest BCUT2D eigenvalue weighted by atomic mass is 10.1. The Morgan fingerprint density at radius 2 is 1.90 bits per heavy atom. The van der Waals surface area contributed by atoms with Gasteiger partial charge < -0.3 is 20.4 Å². The van der Waals surface area contributed by atoms with Crippen molar-refractivity contribution in [3.05, 3.63) is 59.0 Å². The first-order valence-electron chi connectivity index (χ1n) is 10.7. The van der Waals surface area contributed by atoms with Crippen molar-refractivity contribution >= 4 is 35.8 Å². The van der Waals surface area contributed by atoms with Gasteiger partial charge in [-0.05, 0) is 62.2 Å². The van der Waals surface area contributed by atoms with Gasteiger partial charge in [0.15, 0.2) is 5.96 Å². The molecule has 2 aromatic rings. The molecule has 6 nitrogen and oxygen atoms in total. The van der Waals surface area contributed by atoms with Gasteiger partial charge in [-0.15, -0.1) is 24.0 Å². The van der Waals surface area contributed by atoms with E-state index in [4.69, 9.17) is 0 Å². The zero-order valence-corrected chi connectivity index (χ0v) is 21.0. The third kappa shape index (κ3) is 7.92. The molecule has 0 radical (unpaired) electrons. The molecule has 0 unspecified atom stereocenters. The Kier molecular flexibility index (Phi) is 10.5. The lowest BCUT2D eigenvalue weighted by Gasteiger charge is -2.33. The van der Waals surface area contributed by atoms with Gasteiger partial charge in [0, 0.05) is 45.5 Å². The molecule has 0 spiro atoms. The van der Waals surface area contributed by atoms with Crippen LogP contribution >= 0.6 is 24.0 Å². The summed E-state index contributed by atoms with van der Waals surface area (Å²) in [6.07, 6.45) is 2.74. The zero-order valence-electron chi connectivity index (χ0n) is 18.7. The molecule has 0 bridgehead atoms. The topological polar surface area (TPSA) is 55.8 Å². The van der Waals surface area contributed by atoms with Gasteiger partial charge in [0.25, 0.3) is 0 Å². The highest BCUT2D eigenvalue weighted by Crippen LogP contribution is 2.14. The molecule has 8 heteroatoms. The number of anilines is 1. The van der Waals surface area contributed by atoms with Crippen molar-refractivity contribution in [3.63, 3.8) is 0 Å². The number of aromatic nitrogens is 1. The molecule has 31 heavy (non-hydrogen) atoms. The van der Waals surface area contributed by atoms with Crippen LogP contribution in [0.1, 0.15) is 23.6 Å². The van der Waals surface area contributed by atoms with Gasteiger partial charge >= 0.3 is 0 Å². The van der Waals surface area contributed by atoms with Crippen LogP contribution in [0.4, 0.5) is 10.2 Å². The standard InChI is InChI=1S/C23H33FN6.HI/c1-4-25-23(26-10-9-20-6-7-21(24)15-18(20)2)28-17-19-5-8-22(27-16-19)30-13-11-29(3)12-14-30;/h5-8,15-16H,4,9-14,17H2,1-3H3,(H2,25,26,28);1H. The Balaban J connectivity index is 0.00000341. The smallest absolute Gasteiger partial charge is 0.191 e. The van der Waals surface area contributed by atoms with Crippen molar-refractivity contribution in [3.8, 4) is 0 Å². The Bertz CT molecular complexity index is 834. The molecule has 1 aromatic carbocycles. The normalized spacial score (nSPS) is 14.8. The van der Waals surface area contributed by atoms with Crippen molar-refractivity contribution in [1.82, 2.24) is 20.5 Å². The van der Waals surface area contributed by atoms with Crippen LogP contribution < -0.4 is 15.5 Å². The number of guanidine groups is 1. The van der Waals surface area contributed by atoms with E-state index in [0.29, 0.717) is 6.54 Å². The number of hydrogen-bond acceptors (Lipinski definition) is 4. The number of pyridine rings is 1. The summed E-state index contributed by atoms with van der Waals surface area (Å²) in [5.74, 6) is 1.63. The molecule has 0 atom stereocenters. The van der Waals surface area contributed by atoms with Crippen molar-refractivity contribution in [2.45, 2.75) is 26.8 Å². The molecule has 0 amide bonds. The van der Waals surface area contributed by atoms with Crippen LogP contribution in [-0.2, 0) is 13.0 Å². The van der Waals surface area contributed by atoms with Crippen molar-refractivity contribution in [2.75, 3.05) is 51.2 Å². The molecule has 1 aliphatic heterocycles. The van der Waals surface area contributed by atoms with Gasteiger partial charge in [0.05, 0.1) is 6.54 Å². The first-order valence-corrected chi connectivity index (χ1v) is 10.7. The molecule has 2 N–H and O–H groups in total. The Hall–Kier alpha value is -1.94. The Labute approximate surface area is 202 Å². The monoisotopic (exact) mass is 540 g/mol. The van der Waals surface area contributed by atoms with Crippen LogP contribution in [-0.4, -0.2) is 62.2 Å². The van der Waals surface area contributed by atoms with Crippen molar-refractivity contribution in [1.29, 1.82) is 0 Å². The lowest BCUT2D eigenvalue weighted by Crippen LogP contribution is -2.44. The number of nitrogens with zero attached hydrogens (tertiary/aromatic N) is 4. The average molecular weight is 540 g/mol. The third-order valence-electron chi connectivity index (χ3n) is 5.39. The third-order valence-corrected chi connectivity index (χ3v) is 5.39. The number of aryl methyl sites for hydroxylation is 1. The predicted octanol–water partition coefficient (Wildman–Crippen LogP) is 3.20. The fourth-order valence-electron chi connectivity index (χ4n) is 3.50. The number of halogens is 2. The van der Waals surface area contributed by atoms with Crippen molar-refractivity contribution in [2.24, 2.45) is 4.99 Å². The van der Waals surface area contributed by atoms with Crippen LogP contribution in [0, 0.1) is 12.7 Å². The summed E-state index contributed by atoms with van der Waals surface area (Å²) >= 11 is 0. The molecular formula is C23H34FIN6. The SMILES string of the molecule is CCNC(=NCc1ccc(N2CCN(C)CC2)nc1)NCCc1ccc(F)cc1C.I. The summed E-state index contributed by atoms with van der Waals surface area (Å²) in [4.78, 5) is 14.0. The van der Waals surface area contributed by atoms with E-state index in [0.717, 1.165) is 74.2 Å². The molecule has 1 saturated heterocycles. The molecule has 2 heterocycles. The van der Waals surface area contributed by atoms with Gasteiger partial charge in [-0.3, -0.25) is 0 Å². The minimum atomic E-state index is -0.189. The van der Waals surface area contributed by atoms with E-state index in [1.54, 1.807) is 6.07 Å². The number of nitrogens with one attached hydrogen (secondary N) is 2. The number of benzene rings is 1. The Morgan fingerprint density at radius 1 is 1.13 bits per heavy atom. The molecule has 1 fully saturated rings. The lowest BCUT2D eigenvalue weighted by molar-refractivity contribution is 0.312. The fourth-order valence-corrected chi connectivity index (χ4v) is 3.50. The van der Waals surface area contributed by atoms with Crippen LogP contribution in [0.5, 0.6) is 0 Å². The molecule has 3 rings (SSSR count). The first-order chi connectivity index (χ1) is 14.5. The number of hydrogen-bond donors (Lipinski definition) is 2. The molecule has 0 saturated carbocycles. The summed E-state index contributed by atoms with van der Waals surface area (Å²) in [6, 6.07) is 9.14. The van der Waals surface area contributed by atoms with Gasteiger partial charge in [-0.1, -0.05) is 12.1 Å². The van der Waals surface area contributed by atoms with E-state index in [1.165, 1.54) is 6.07 Å². The van der Waals surface area contributed by atoms with Gasteiger partial charge in [0.2, 0.25) is 0 Å². The second kappa shape index (κ2) is 12.8. The highest BCUT2D eigenvalue weighted by Gasteiger charge is 2.14. The summed E-state index contributed by atoms with van der Waals surface area (Å²) in [5.41, 5.74) is 3.20. The fraction of sp³-hybridized carbons (Fsp3) is 0.478. The minimum absolute atomic E-state index is 0. The second-order valence-electron chi connectivity index (χ2n) is 7.76. The number of aliphatic imine (C=N–C) groups is 1. The molecule has 170 valence electrons. The van der Waals surface area contributed by atoms with Crippen LogP contribution in [0.3, 0.4) is 0 Å². The van der Waals surface area contributed by atoms with Gasteiger partial charge in [0.1, 0.15) is 11.6 Å². The van der Waals surface area contributed by atoms with Crippen LogP contribution in [0.2, 0.25) is 0 Å². The van der Waals surface area contributed by atoms with E-state index in [9.17, 15) is 4.39 Å². The summed E-state index contributed by atoms with van der Waals surface area (Å²) in [6.45, 7) is 10.3. The quantitative estimate of drug-likeness (QED) is 0.321. The summed E-state index contributed by atoms with van der Waals surface area (Å²) in [7, 11) is 2.16. The number of rotatable bonds is 7. The van der Waals surface area contributed by atoms with E-state index in [-0.39, 0.29) is 29.8 Å². The largest absolute Gasteiger partial charge is 0.357 e. The Morgan fingerprint density at radius 3 is 2.55 bits per heavy atom. The second-order valence-corrected chi connectivity index (χ2v) is 7.76. The average Bonchev–Trinajstić information content (AvgIpc) is 2.74. The van der Waals surface area contributed by atoms with E-state index < -0.39 is 0 Å². The van der Waals surface area contributed by atoms with Crippen LogP contribution in [0.15, 0.2) is 41.5 Å². The first kappa shape index (κ1) is 25.3. The maximum atomic E-state index is 13.3. The maximum Gasteiger partial charge on any atom is 0.191 e. The zero-order chi connectivity index (χ0) is 21.3. The summed E-state index contributed by atoms with van der Waals surface area (Å²) in [5, 5.41) is 6.64. The highest BCUT2D eigenvalue weighted by atomic mass is 127. The molecule has 1 aromatic heterocycles. The van der Waals surface area contributed by atoms with E-state index >= 15 is 0 Å². The number of piperazine rings is 1. The maximum absolute atomic E-state index is 13.3.